The molecule has 0 saturated carbocycles. The monoisotopic (exact) mass is 463 g/mol. The molecule has 2 rings (SSSR count). The van der Waals surface area contributed by atoms with Crippen molar-refractivity contribution in [2.75, 3.05) is 19.8 Å². The Morgan fingerprint density at radius 1 is 0.875 bits per heavy atom. The van der Waals surface area contributed by atoms with Crippen molar-refractivity contribution >= 4 is 6.08 Å². The number of aliphatic hydroxyl groups excluding tert-OH is 2. The lowest BCUT2D eigenvalue weighted by Gasteiger charge is -2.24. The number of hydrogen-bond acceptors (Lipinski definition) is 4. The van der Waals surface area contributed by atoms with Gasteiger partial charge in [0, 0.05) is 0 Å². The molecule has 2 aromatic rings. The maximum absolute atomic E-state index is 13.4. The fourth-order valence-electron chi connectivity index (χ4n) is 2.79. The van der Waals surface area contributed by atoms with Gasteiger partial charge in [0.25, 0.3) is 0 Å². The smallest absolute Gasteiger partial charge is 0.419 e. The Bertz CT molecular complexity index is 903. The second kappa shape index (κ2) is 10.4. The molecule has 0 heterocycles. The van der Waals surface area contributed by atoms with Gasteiger partial charge in [-0.3, -0.25) is 0 Å². The van der Waals surface area contributed by atoms with Gasteiger partial charge in [-0.15, -0.1) is 0 Å². The van der Waals surface area contributed by atoms with Crippen LogP contribution in [-0.4, -0.2) is 35.6 Å². The summed E-state index contributed by atoms with van der Waals surface area (Å²) in [5, 5.41) is 18.4. The van der Waals surface area contributed by atoms with E-state index in [1.807, 2.05) is 0 Å². The zero-order valence-corrected chi connectivity index (χ0v) is 16.9. The van der Waals surface area contributed by atoms with Gasteiger partial charge in [-0.2, -0.15) is 26.3 Å². The van der Waals surface area contributed by atoms with Gasteiger partial charge in [-0.25, -0.2) is 0 Å². The highest BCUT2D eigenvalue weighted by Gasteiger charge is 2.35. The quantitative estimate of drug-likeness (QED) is 0.481. The van der Waals surface area contributed by atoms with Gasteiger partial charge in [0.2, 0.25) is 0 Å². The molecule has 0 aliphatic carbocycles. The van der Waals surface area contributed by atoms with Gasteiger partial charge in [0.15, 0.2) is 0 Å². The predicted molar refractivity (Wildman–Crippen MR) is 107 cm³/mol. The van der Waals surface area contributed by atoms with Crippen molar-refractivity contribution in [2.45, 2.75) is 30.7 Å². The second-order valence-electron chi connectivity index (χ2n) is 7.34. The molecule has 0 aliphatic rings. The molecule has 4 nitrogen and oxygen atoms in total. The summed E-state index contributed by atoms with van der Waals surface area (Å²) in [5.74, 6) is -0.401. The molecule has 0 spiro atoms. The summed E-state index contributed by atoms with van der Waals surface area (Å²) in [6.07, 6.45) is -6.12. The average molecular weight is 463 g/mol. The summed E-state index contributed by atoms with van der Waals surface area (Å²) in [5.41, 5.74) is 3.40. The van der Waals surface area contributed by atoms with E-state index in [0.717, 1.165) is 18.2 Å². The number of rotatable bonds is 9. The van der Waals surface area contributed by atoms with Crippen molar-refractivity contribution in [1.29, 1.82) is 0 Å². The van der Waals surface area contributed by atoms with Crippen molar-refractivity contribution in [1.82, 2.24) is 0 Å². The summed E-state index contributed by atoms with van der Waals surface area (Å²) in [4.78, 5) is 0. The number of aryl methyl sites for hydroxylation is 1. The standard InChI is InChI=1S/C22H23F6NO3/c23-21(24,25)17-6-3-15(4-7-17)2-1-11-32-19-8-5-16(12-18(19)22(26,27)28)9-10-20(29,13-30)14-31/h1-8,12,30-31H,9-11,13-14,29H2. The van der Waals surface area contributed by atoms with Crippen LogP contribution in [0.5, 0.6) is 5.75 Å². The van der Waals surface area contributed by atoms with Gasteiger partial charge in [-0.1, -0.05) is 24.3 Å². The molecule has 0 aromatic heterocycles. The van der Waals surface area contributed by atoms with E-state index >= 15 is 0 Å². The number of halogens is 6. The molecular weight excluding hydrogens is 440 g/mol. The Morgan fingerprint density at radius 2 is 1.50 bits per heavy atom. The molecule has 0 saturated heterocycles. The molecular formula is C22H23F6NO3. The molecule has 0 aliphatic heterocycles. The normalized spacial score (nSPS) is 13.0. The summed E-state index contributed by atoms with van der Waals surface area (Å²) in [6, 6.07) is 7.82. The van der Waals surface area contributed by atoms with Gasteiger partial charge >= 0.3 is 12.4 Å². The molecule has 0 amide bonds. The maximum atomic E-state index is 13.4. The summed E-state index contributed by atoms with van der Waals surface area (Å²) >= 11 is 0. The van der Waals surface area contributed by atoms with E-state index in [1.54, 1.807) is 0 Å². The van der Waals surface area contributed by atoms with Crippen LogP contribution in [0.15, 0.2) is 48.5 Å². The SMILES string of the molecule is NC(CO)(CO)CCc1ccc(OCC=Cc2ccc(C(F)(F)F)cc2)c(C(F)(F)F)c1. The van der Waals surface area contributed by atoms with Gasteiger partial charge in [-0.05, 0) is 54.3 Å². The van der Waals surface area contributed by atoms with E-state index in [4.69, 9.17) is 10.5 Å². The Morgan fingerprint density at radius 3 is 2.03 bits per heavy atom. The lowest BCUT2D eigenvalue weighted by Crippen LogP contribution is -2.47. The van der Waals surface area contributed by atoms with Crippen LogP contribution >= 0.6 is 0 Å². The molecule has 176 valence electrons. The van der Waals surface area contributed by atoms with E-state index < -0.39 is 48.0 Å². The van der Waals surface area contributed by atoms with E-state index in [0.29, 0.717) is 11.1 Å². The minimum Gasteiger partial charge on any atom is -0.489 e. The summed E-state index contributed by atoms with van der Waals surface area (Å²) in [6.45, 7) is -1.26. The first kappa shape index (κ1) is 25.7. The molecule has 32 heavy (non-hydrogen) atoms. The Kier molecular flexibility index (Phi) is 8.33. The second-order valence-corrected chi connectivity index (χ2v) is 7.34. The highest BCUT2D eigenvalue weighted by molar-refractivity contribution is 5.50. The van der Waals surface area contributed by atoms with Crippen molar-refractivity contribution in [2.24, 2.45) is 5.73 Å². The van der Waals surface area contributed by atoms with Crippen molar-refractivity contribution in [3.8, 4) is 5.75 Å². The van der Waals surface area contributed by atoms with Gasteiger partial charge in [0.1, 0.15) is 12.4 Å². The topological polar surface area (TPSA) is 75.7 Å². The number of aliphatic hydroxyl groups is 2. The van der Waals surface area contributed by atoms with Crippen LogP contribution in [0, 0.1) is 0 Å². The zero-order valence-electron chi connectivity index (χ0n) is 16.9. The molecule has 2 aromatic carbocycles. The molecule has 0 bridgehead atoms. The number of ether oxygens (including phenoxy) is 1. The number of nitrogens with two attached hydrogens (primary N) is 1. The van der Waals surface area contributed by atoms with Crippen molar-refractivity contribution in [3.05, 3.63) is 70.8 Å². The lowest BCUT2D eigenvalue weighted by atomic mass is 9.93. The third kappa shape index (κ3) is 7.25. The Labute approximate surface area is 180 Å². The zero-order chi connectivity index (χ0) is 24.0. The van der Waals surface area contributed by atoms with Crippen LogP contribution in [0.3, 0.4) is 0 Å². The third-order valence-electron chi connectivity index (χ3n) is 4.77. The van der Waals surface area contributed by atoms with E-state index in [1.165, 1.54) is 36.4 Å². The minimum atomic E-state index is -4.68. The van der Waals surface area contributed by atoms with Gasteiger partial charge < -0.3 is 20.7 Å². The molecule has 0 fully saturated rings. The third-order valence-corrected chi connectivity index (χ3v) is 4.77. The summed E-state index contributed by atoms with van der Waals surface area (Å²) in [7, 11) is 0. The molecule has 4 N–H and O–H groups in total. The van der Waals surface area contributed by atoms with Crippen LogP contribution in [0.1, 0.15) is 28.7 Å². The van der Waals surface area contributed by atoms with Gasteiger partial charge in [0.05, 0.1) is 29.9 Å². The van der Waals surface area contributed by atoms with Crippen molar-refractivity contribution in [3.63, 3.8) is 0 Å². The molecule has 10 heteroatoms. The van der Waals surface area contributed by atoms with E-state index in [2.05, 4.69) is 0 Å². The number of alkyl halides is 6. The van der Waals surface area contributed by atoms with Crippen LogP contribution in [0.4, 0.5) is 26.3 Å². The highest BCUT2D eigenvalue weighted by Crippen LogP contribution is 2.37. The molecule has 0 unspecified atom stereocenters. The largest absolute Gasteiger partial charge is 0.489 e. The Hall–Kier alpha value is -2.56. The summed E-state index contributed by atoms with van der Waals surface area (Å²) < 4.78 is 83.2. The van der Waals surface area contributed by atoms with Crippen LogP contribution in [0.25, 0.3) is 6.08 Å². The molecule has 0 radical (unpaired) electrons. The van der Waals surface area contributed by atoms with Crippen LogP contribution < -0.4 is 10.5 Å². The predicted octanol–water partition coefficient (Wildman–Crippen LogP) is 4.43. The minimum absolute atomic E-state index is 0.0768. The average Bonchev–Trinajstić information content (AvgIpc) is 2.74. The fourth-order valence-corrected chi connectivity index (χ4v) is 2.79. The Balaban J connectivity index is 2.06. The highest BCUT2D eigenvalue weighted by atomic mass is 19.4. The van der Waals surface area contributed by atoms with E-state index in [9.17, 15) is 36.6 Å². The first-order valence-electron chi connectivity index (χ1n) is 9.55. The first-order chi connectivity index (χ1) is 14.9. The number of hydrogen-bond donors (Lipinski definition) is 3. The fraction of sp³-hybridized carbons (Fsp3) is 0.364. The molecule has 0 atom stereocenters. The maximum Gasteiger partial charge on any atom is 0.419 e. The number of benzene rings is 2. The van der Waals surface area contributed by atoms with E-state index in [-0.39, 0.29) is 19.4 Å². The van der Waals surface area contributed by atoms with Crippen LogP contribution in [0.2, 0.25) is 0 Å². The lowest BCUT2D eigenvalue weighted by molar-refractivity contribution is -0.139. The van der Waals surface area contributed by atoms with Crippen LogP contribution in [-0.2, 0) is 18.8 Å². The first-order valence-corrected chi connectivity index (χ1v) is 9.55. The van der Waals surface area contributed by atoms with Crippen molar-refractivity contribution < 1.29 is 41.3 Å².